The van der Waals surface area contributed by atoms with E-state index in [1.807, 2.05) is 0 Å². The van der Waals surface area contributed by atoms with Gasteiger partial charge in [-0.2, -0.15) is 0 Å². The summed E-state index contributed by atoms with van der Waals surface area (Å²) >= 11 is 0. The molecule has 112 valence electrons. The molecule has 2 rings (SSSR count). The second-order valence-corrected chi connectivity index (χ2v) is 7.33. The Labute approximate surface area is 124 Å². The normalized spacial score (nSPS) is 18.4. The lowest BCUT2D eigenvalue weighted by atomic mass is 9.98. The topological polar surface area (TPSA) is 15.3 Å². The highest BCUT2D eigenvalue weighted by Gasteiger charge is 2.17. The van der Waals surface area contributed by atoms with Gasteiger partial charge in [-0.05, 0) is 63.7 Å². The van der Waals surface area contributed by atoms with Gasteiger partial charge in [0.15, 0.2) is 0 Å². The number of likely N-dealkylation sites (tertiary alicyclic amines) is 1. The summed E-state index contributed by atoms with van der Waals surface area (Å²) in [7, 11) is 0. The molecule has 0 bridgehead atoms. The molecule has 0 saturated carbocycles. The Balaban J connectivity index is 1.97. The minimum Gasteiger partial charge on any atom is -0.308 e. The van der Waals surface area contributed by atoms with Crippen molar-refractivity contribution >= 4 is 0 Å². The van der Waals surface area contributed by atoms with Crippen LogP contribution in [-0.2, 0) is 13.1 Å². The first kappa shape index (κ1) is 15.5. The summed E-state index contributed by atoms with van der Waals surface area (Å²) in [6, 6.07) is 8.88. The van der Waals surface area contributed by atoms with Gasteiger partial charge in [-0.15, -0.1) is 0 Å². The van der Waals surface area contributed by atoms with E-state index in [0.29, 0.717) is 0 Å². The molecule has 1 N–H and O–H groups in total. The average molecular weight is 274 g/mol. The Morgan fingerprint density at radius 2 is 1.70 bits per heavy atom. The van der Waals surface area contributed by atoms with Crippen LogP contribution in [0.25, 0.3) is 0 Å². The standard InChI is InChI=1S/C18H30N2/c1-15-9-11-20(12-10-15)14-17-8-6-5-7-16(17)13-19-18(2,3)4/h5-8,15,19H,9-14H2,1-4H3. The lowest BCUT2D eigenvalue weighted by molar-refractivity contribution is 0.184. The molecule has 20 heavy (non-hydrogen) atoms. The molecular formula is C18H30N2. The van der Waals surface area contributed by atoms with Crippen LogP contribution in [0.3, 0.4) is 0 Å². The average Bonchev–Trinajstić information content (AvgIpc) is 2.39. The number of rotatable bonds is 4. The Morgan fingerprint density at radius 1 is 1.10 bits per heavy atom. The van der Waals surface area contributed by atoms with Gasteiger partial charge in [0.2, 0.25) is 0 Å². The smallest absolute Gasteiger partial charge is 0.0236 e. The van der Waals surface area contributed by atoms with Crippen molar-refractivity contribution < 1.29 is 0 Å². The van der Waals surface area contributed by atoms with E-state index < -0.39 is 0 Å². The van der Waals surface area contributed by atoms with E-state index in [9.17, 15) is 0 Å². The van der Waals surface area contributed by atoms with Gasteiger partial charge in [0, 0.05) is 18.6 Å². The number of nitrogens with zero attached hydrogens (tertiary/aromatic N) is 1. The molecule has 1 aromatic rings. The Kier molecular flexibility index (Phi) is 5.22. The first-order chi connectivity index (χ1) is 9.44. The van der Waals surface area contributed by atoms with E-state index in [1.165, 1.54) is 37.1 Å². The largest absolute Gasteiger partial charge is 0.308 e. The third-order valence-corrected chi connectivity index (χ3v) is 4.20. The maximum Gasteiger partial charge on any atom is 0.0236 e. The maximum atomic E-state index is 3.60. The van der Waals surface area contributed by atoms with Crippen LogP contribution >= 0.6 is 0 Å². The zero-order chi connectivity index (χ0) is 14.6. The van der Waals surface area contributed by atoms with E-state index in [4.69, 9.17) is 0 Å². The van der Waals surface area contributed by atoms with Crippen LogP contribution < -0.4 is 5.32 Å². The molecule has 0 atom stereocenters. The lowest BCUT2D eigenvalue weighted by Crippen LogP contribution is -2.36. The van der Waals surface area contributed by atoms with Gasteiger partial charge in [0.05, 0.1) is 0 Å². The summed E-state index contributed by atoms with van der Waals surface area (Å²) in [6.07, 6.45) is 2.70. The third-order valence-electron chi connectivity index (χ3n) is 4.20. The predicted octanol–water partition coefficient (Wildman–Crippen LogP) is 3.81. The van der Waals surface area contributed by atoms with Gasteiger partial charge in [0.25, 0.3) is 0 Å². The molecule has 1 aliphatic rings. The fourth-order valence-corrected chi connectivity index (χ4v) is 2.71. The highest BCUT2D eigenvalue weighted by atomic mass is 15.1. The van der Waals surface area contributed by atoms with Crippen molar-refractivity contribution in [1.82, 2.24) is 10.2 Å². The zero-order valence-electron chi connectivity index (χ0n) is 13.6. The maximum absolute atomic E-state index is 3.60. The predicted molar refractivity (Wildman–Crippen MR) is 86.7 cm³/mol. The van der Waals surface area contributed by atoms with Crippen LogP contribution in [0.2, 0.25) is 0 Å². The van der Waals surface area contributed by atoms with Crippen LogP contribution in [-0.4, -0.2) is 23.5 Å². The fraction of sp³-hybridized carbons (Fsp3) is 0.667. The summed E-state index contributed by atoms with van der Waals surface area (Å²) in [4.78, 5) is 2.61. The molecule has 0 radical (unpaired) electrons. The molecule has 0 spiro atoms. The monoisotopic (exact) mass is 274 g/mol. The Bertz CT molecular complexity index is 412. The highest BCUT2D eigenvalue weighted by molar-refractivity contribution is 5.27. The summed E-state index contributed by atoms with van der Waals surface area (Å²) in [5, 5.41) is 3.60. The van der Waals surface area contributed by atoms with Crippen LogP contribution in [0.1, 0.15) is 51.7 Å². The Morgan fingerprint density at radius 3 is 2.30 bits per heavy atom. The minimum atomic E-state index is 0.174. The number of benzene rings is 1. The van der Waals surface area contributed by atoms with E-state index in [2.05, 4.69) is 62.2 Å². The van der Waals surface area contributed by atoms with Gasteiger partial charge in [-0.25, -0.2) is 0 Å². The summed E-state index contributed by atoms with van der Waals surface area (Å²) < 4.78 is 0. The summed E-state index contributed by atoms with van der Waals surface area (Å²) in [5.41, 5.74) is 3.10. The summed E-state index contributed by atoms with van der Waals surface area (Å²) in [5.74, 6) is 0.907. The van der Waals surface area contributed by atoms with E-state index in [1.54, 1.807) is 0 Å². The van der Waals surface area contributed by atoms with Gasteiger partial charge < -0.3 is 5.32 Å². The first-order valence-corrected chi connectivity index (χ1v) is 7.98. The molecule has 0 aliphatic carbocycles. The summed E-state index contributed by atoms with van der Waals surface area (Å²) in [6.45, 7) is 13.6. The first-order valence-electron chi connectivity index (χ1n) is 7.98. The van der Waals surface area contributed by atoms with E-state index >= 15 is 0 Å². The second kappa shape index (κ2) is 6.73. The molecule has 1 aromatic carbocycles. The van der Waals surface area contributed by atoms with Crippen LogP contribution in [0.15, 0.2) is 24.3 Å². The molecule has 1 aliphatic heterocycles. The lowest BCUT2D eigenvalue weighted by Gasteiger charge is -2.31. The van der Waals surface area contributed by atoms with Crippen molar-refractivity contribution in [3.8, 4) is 0 Å². The van der Waals surface area contributed by atoms with E-state index in [-0.39, 0.29) is 5.54 Å². The highest BCUT2D eigenvalue weighted by Crippen LogP contribution is 2.20. The Hall–Kier alpha value is -0.860. The van der Waals surface area contributed by atoms with E-state index in [0.717, 1.165) is 19.0 Å². The van der Waals surface area contributed by atoms with Gasteiger partial charge >= 0.3 is 0 Å². The third kappa shape index (κ3) is 4.92. The molecule has 0 amide bonds. The van der Waals surface area contributed by atoms with Crippen molar-refractivity contribution in [3.05, 3.63) is 35.4 Å². The molecule has 0 unspecified atom stereocenters. The number of piperidine rings is 1. The molecule has 1 saturated heterocycles. The number of hydrogen-bond donors (Lipinski definition) is 1. The van der Waals surface area contributed by atoms with Crippen molar-refractivity contribution in [3.63, 3.8) is 0 Å². The van der Waals surface area contributed by atoms with Crippen LogP contribution in [0, 0.1) is 5.92 Å². The van der Waals surface area contributed by atoms with Crippen molar-refractivity contribution in [2.45, 2.75) is 59.2 Å². The van der Waals surface area contributed by atoms with Gasteiger partial charge in [-0.1, -0.05) is 31.2 Å². The molecule has 1 fully saturated rings. The van der Waals surface area contributed by atoms with Crippen LogP contribution in [0.5, 0.6) is 0 Å². The zero-order valence-corrected chi connectivity index (χ0v) is 13.6. The van der Waals surface area contributed by atoms with Gasteiger partial charge in [-0.3, -0.25) is 4.90 Å². The van der Waals surface area contributed by atoms with Gasteiger partial charge in [0.1, 0.15) is 0 Å². The molecule has 2 heteroatoms. The number of nitrogens with one attached hydrogen (secondary N) is 1. The SMILES string of the molecule is CC1CCN(Cc2ccccc2CNC(C)(C)C)CC1. The molecule has 2 nitrogen and oxygen atoms in total. The second-order valence-electron chi connectivity index (χ2n) is 7.33. The quantitative estimate of drug-likeness (QED) is 0.898. The molecular weight excluding hydrogens is 244 g/mol. The number of hydrogen-bond acceptors (Lipinski definition) is 2. The molecule has 0 aromatic heterocycles. The minimum absolute atomic E-state index is 0.174. The van der Waals surface area contributed by atoms with Crippen molar-refractivity contribution in [2.75, 3.05) is 13.1 Å². The van der Waals surface area contributed by atoms with Crippen molar-refractivity contribution in [2.24, 2.45) is 5.92 Å². The molecule has 1 heterocycles. The fourth-order valence-electron chi connectivity index (χ4n) is 2.71. The van der Waals surface area contributed by atoms with Crippen molar-refractivity contribution in [1.29, 1.82) is 0 Å². The van der Waals surface area contributed by atoms with Crippen LogP contribution in [0.4, 0.5) is 0 Å².